The predicted octanol–water partition coefficient (Wildman–Crippen LogP) is 0.704. The van der Waals surface area contributed by atoms with Gasteiger partial charge >= 0.3 is 0 Å². The molecule has 2 N–H and O–H groups in total. The molecule has 0 radical (unpaired) electrons. The topological polar surface area (TPSA) is 58.2 Å². The Morgan fingerprint density at radius 1 is 1.40 bits per heavy atom. The molecule has 5 heteroatoms. The van der Waals surface area contributed by atoms with Crippen LogP contribution in [0.1, 0.15) is 32.6 Å². The average molecular weight is 234 g/mol. The minimum absolute atomic E-state index is 0.184. The van der Waals surface area contributed by atoms with Crippen LogP contribution in [0.15, 0.2) is 0 Å². The monoisotopic (exact) mass is 234 g/mol. The molecule has 0 amide bonds. The lowest BCUT2D eigenvalue weighted by atomic mass is 9.84. The van der Waals surface area contributed by atoms with Gasteiger partial charge < -0.3 is 5.32 Å². The summed E-state index contributed by atoms with van der Waals surface area (Å²) in [5.41, 5.74) is 0. The van der Waals surface area contributed by atoms with Crippen LogP contribution in [0, 0.1) is 5.92 Å². The van der Waals surface area contributed by atoms with Crippen LogP contribution in [-0.4, -0.2) is 33.8 Å². The largest absolute Gasteiger partial charge is 0.316 e. The van der Waals surface area contributed by atoms with Crippen molar-refractivity contribution in [2.45, 2.75) is 38.6 Å². The second-order valence-corrected chi connectivity index (χ2v) is 6.37. The van der Waals surface area contributed by atoms with Crippen LogP contribution in [0.25, 0.3) is 0 Å². The summed E-state index contributed by atoms with van der Waals surface area (Å²) in [5, 5.41) is 3.00. The van der Waals surface area contributed by atoms with E-state index in [0.29, 0.717) is 12.5 Å². The SMILES string of the molecule is CNC(C)CNS(=O)(=O)CCC1CCC1. The highest BCUT2D eigenvalue weighted by Gasteiger charge is 2.20. The van der Waals surface area contributed by atoms with Crippen LogP contribution < -0.4 is 10.0 Å². The molecule has 0 aliphatic heterocycles. The zero-order valence-electron chi connectivity index (χ0n) is 9.62. The van der Waals surface area contributed by atoms with Gasteiger partial charge in [-0.1, -0.05) is 19.3 Å². The van der Waals surface area contributed by atoms with E-state index in [1.807, 2.05) is 14.0 Å². The number of hydrogen-bond donors (Lipinski definition) is 2. The number of hydrogen-bond acceptors (Lipinski definition) is 3. The summed E-state index contributed by atoms with van der Waals surface area (Å²) < 4.78 is 25.7. The minimum atomic E-state index is -3.05. The summed E-state index contributed by atoms with van der Waals surface area (Å²) in [7, 11) is -1.22. The average Bonchev–Trinajstić information content (AvgIpc) is 2.11. The van der Waals surface area contributed by atoms with Crippen molar-refractivity contribution in [2.24, 2.45) is 5.92 Å². The second-order valence-electron chi connectivity index (χ2n) is 4.44. The van der Waals surface area contributed by atoms with Crippen molar-refractivity contribution in [2.75, 3.05) is 19.3 Å². The van der Waals surface area contributed by atoms with Crippen molar-refractivity contribution in [1.29, 1.82) is 0 Å². The van der Waals surface area contributed by atoms with E-state index in [-0.39, 0.29) is 11.8 Å². The fraction of sp³-hybridized carbons (Fsp3) is 1.00. The molecule has 0 aromatic rings. The van der Waals surface area contributed by atoms with Gasteiger partial charge in [-0.05, 0) is 26.3 Å². The van der Waals surface area contributed by atoms with Crippen molar-refractivity contribution < 1.29 is 8.42 Å². The lowest BCUT2D eigenvalue weighted by Gasteiger charge is -2.25. The summed E-state index contributed by atoms with van der Waals surface area (Å²) in [6.45, 7) is 2.43. The standard InChI is InChI=1S/C10H22N2O2S/c1-9(11-2)8-12-15(13,14)7-6-10-4-3-5-10/h9-12H,3-8H2,1-2H3. The van der Waals surface area contributed by atoms with E-state index < -0.39 is 10.0 Å². The first-order valence-corrected chi connectivity index (χ1v) is 7.33. The predicted molar refractivity (Wildman–Crippen MR) is 62.3 cm³/mol. The van der Waals surface area contributed by atoms with Gasteiger partial charge in [0.05, 0.1) is 5.75 Å². The maximum atomic E-state index is 11.6. The highest BCUT2D eigenvalue weighted by molar-refractivity contribution is 7.89. The maximum absolute atomic E-state index is 11.6. The van der Waals surface area contributed by atoms with E-state index in [1.165, 1.54) is 19.3 Å². The van der Waals surface area contributed by atoms with E-state index in [4.69, 9.17) is 0 Å². The Morgan fingerprint density at radius 3 is 2.53 bits per heavy atom. The van der Waals surface area contributed by atoms with Gasteiger partial charge in [0.25, 0.3) is 0 Å². The van der Waals surface area contributed by atoms with Gasteiger partial charge in [0, 0.05) is 12.6 Å². The maximum Gasteiger partial charge on any atom is 0.211 e. The Bertz CT molecular complexity index is 258. The van der Waals surface area contributed by atoms with Crippen molar-refractivity contribution in [1.82, 2.24) is 10.0 Å². The molecular formula is C10H22N2O2S. The highest BCUT2D eigenvalue weighted by Crippen LogP contribution is 2.29. The van der Waals surface area contributed by atoms with Gasteiger partial charge in [0.15, 0.2) is 0 Å². The normalized spacial score (nSPS) is 19.9. The molecule has 0 saturated heterocycles. The van der Waals surface area contributed by atoms with Gasteiger partial charge in [-0.3, -0.25) is 0 Å². The molecule has 0 aromatic heterocycles. The Kier molecular flexibility index (Phi) is 5.02. The third-order valence-corrected chi connectivity index (χ3v) is 4.50. The fourth-order valence-electron chi connectivity index (χ4n) is 1.53. The Balaban J connectivity index is 2.19. The first kappa shape index (κ1) is 12.9. The molecule has 0 heterocycles. The van der Waals surface area contributed by atoms with Gasteiger partial charge in [-0.25, -0.2) is 13.1 Å². The van der Waals surface area contributed by atoms with Gasteiger partial charge in [0.2, 0.25) is 10.0 Å². The van der Waals surface area contributed by atoms with Crippen LogP contribution in [0.3, 0.4) is 0 Å². The molecule has 0 bridgehead atoms. The van der Waals surface area contributed by atoms with Crippen LogP contribution in [-0.2, 0) is 10.0 Å². The third kappa shape index (κ3) is 4.95. The summed E-state index contributed by atoms with van der Waals surface area (Å²) in [5.74, 6) is 0.942. The molecule has 0 aromatic carbocycles. The summed E-state index contributed by atoms with van der Waals surface area (Å²) in [6.07, 6.45) is 4.52. The molecule has 1 unspecified atom stereocenters. The highest BCUT2D eigenvalue weighted by atomic mass is 32.2. The second kappa shape index (κ2) is 5.82. The lowest BCUT2D eigenvalue weighted by molar-refractivity contribution is 0.307. The molecule has 4 nitrogen and oxygen atoms in total. The number of sulfonamides is 1. The van der Waals surface area contributed by atoms with Crippen LogP contribution in [0.4, 0.5) is 0 Å². The van der Waals surface area contributed by atoms with E-state index >= 15 is 0 Å². The van der Waals surface area contributed by atoms with Crippen molar-refractivity contribution in [3.63, 3.8) is 0 Å². The summed E-state index contributed by atoms with van der Waals surface area (Å²) >= 11 is 0. The van der Waals surface area contributed by atoms with Gasteiger partial charge in [-0.15, -0.1) is 0 Å². The molecule has 1 aliphatic rings. The third-order valence-electron chi connectivity index (χ3n) is 3.12. The molecule has 1 saturated carbocycles. The Labute approximate surface area is 92.9 Å². The van der Waals surface area contributed by atoms with Crippen LogP contribution in [0.2, 0.25) is 0 Å². The number of likely N-dealkylation sites (N-methyl/N-ethyl adjacent to an activating group) is 1. The number of rotatable bonds is 7. The molecule has 0 spiro atoms. The molecule has 1 fully saturated rings. The Hall–Kier alpha value is -0.130. The van der Waals surface area contributed by atoms with Crippen molar-refractivity contribution in [3.8, 4) is 0 Å². The summed E-state index contributed by atoms with van der Waals surface area (Å²) in [6, 6.07) is 0.184. The lowest BCUT2D eigenvalue weighted by Crippen LogP contribution is -2.38. The molecule has 90 valence electrons. The zero-order valence-corrected chi connectivity index (χ0v) is 10.4. The van der Waals surface area contributed by atoms with Crippen LogP contribution >= 0.6 is 0 Å². The first-order valence-electron chi connectivity index (χ1n) is 5.68. The Morgan fingerprint density at radius 2 is 2.07 bits per heavy atom. The first-order chi connectivity index (χ1) is 7.03. The van der Waals surface area contributed by atoms with E-state index in [1.54, 1.807) is 0 Å². The molecule has 1 aliphatic carbocycles. The molecular weight excluding hydrogens is 212 g/mol. The quantitative estimate of drug-likeness (QED) is 0.682. The summed E-state index contributed by atoms with van der Waals surface area (Å²) in [4.78, 5) is 0. The van der Waals surface area contributed by atoms with Crippen molar-refractivity contribution in [3.05, 3.63) is 0 Å². The molecule has 1 atom stereocenters. The van der Waals surface area contributed by atoms with Gasteiger partial charge in [-0.2, -0.15) is 0 Å². The zero-order chi connectivity index (χ0) is 11.3. The van der Waals surface area contributed by atoms with Gasteiger partial charge in [0.1, 0.15) is 0 Å². The fourth-order valence-corrected chi connectivity index (χ4v) is 2.82. The van der Waals surface area contributed by atoms with Crippen molar-refractivity contribution >= 4 is 10.0 Å². The smallest absolute Gasteiger partial charge is 0.211 e. The van der Waals surface area contributed by atoms with E-state index in [2.05, 4.69) is 10.0 Å². The number of nitrogens with one attached hydrogen (secondary N) is 2. The van der Waals surface area contributed by atoms with Crippen LogP contribution in [0.5, 0.6) is 0 Å². The molecule has 15 heavy (non-hydrogen) atoms. The van der Waals surface area contributed by atoms with E-state index in [0.717, 1.165) is 6.42 Å². The molecule has 1 rings (SSSR count). The minimum Gasteiger partial charge on any atom is -0.316 e. The van der Waals surface area contributed by atoms with E-state index in [9.17, 15) is 8.42 Å².